The minimum atomic E-state index is -2.99. The number of rotatable bonds is 57. The molecule has 0 saturated heterocycles. The molecule has 0 aromatic rings. The number of unbranched alkanes of at least 4 members (excludes halogenated alkanes) is 30. The molecule has 4 atom stereocenters. The van der Waals surface area contributed by atoms with E-state index in [0.717, 1.165) is 76.0 Å². The number of carboxylic acids is 4. The molecule has 21 nitrogen and oxygen atoms in total. The number of thioether (sulfide) groups is 1. The molecule has 12 N–H and O–H groups in total. The van der Waals surface area contributed by atoms with Crippen molar-refractivity contribution >= 4 is 59.8 Å². The Morgan fingerprint density at radius 3 is 1.04 bits per heavy atom. The predicted molar refractivity (Wildman–Crippen MR) is 351 cm³/mol. The summed E-state index contributed by atoms with van der Waals surface area (Å²) >= 11 is 0.747. The monoisotopic (exact) mass is 1290 g/mol. The van der Waals surface area contributed by atoms with E-state index in [9.17, 15) is 58.8 Å². The quantitative estimate of drug-likeness (QED) is 0.0118. The molecule has 0 aromatic heterocycles. The number of carbonyl (C=O) groups is 8. The highest BCUT2D eigenvalue weighted by Crippen LogP contribution is 2.42. The lowest BCUT2D eigenvalue weighted by Crippen LogP contribution is -2.71. The van der Waals surface area contributed by atoms with Crippen molar-refractivity contribution in [1.82, 2.24) is 10.6 Å². The average molecular weight is 1290 g/mol. The van der Waals surface area contributed by atoms with Crippen LogP contribution in [0.4, 0.5) is 9.59 Å². The number of amides is 2. The first-order valence-electron chi connectivity index (χ1n) is 34.2. The van der Waals surface area contributed by atoms with Gasteiger partial charge in [-0.2, -0.15) is 0 Å². The second kappa shape index (κ2) is 47.5. The molecular weight excluding hydrogens is 1160 g/mol. The standard InChI is InChI=1S/C67H125N5O16S/c1-9-11-13-15-17-19-21-23-25-27-29-31-33-35-37-39-50-71-60(83)87-67(65(69,47-43-55(75)76)58(81)85-62(3,4)5,88-61(84)72-51-40-38-36-34-32-30-28-26-24-22-20-18-16-14-12-10-2)49-41-53(64(68,57(79)80)46-42-54(73)74)45-52-89-66(70,48-44-56(77)78)59(82)86-63(6,7)8/h53H,9-52,68-70H2,1-8H3,(H,71,83)(H,72,84)(H,73,74)(H,75,76)(H,77,78)(H,79,80)/t53?,64-,65+,66-/m1/s1. The topological polar surface area (TPSA) is 357 Å². The van der Waals surface area contributed by atoms with E-state index in [1.165, 1.54) is 149 Å². The van der Waals surface area contributed by atoms with E-state index in [2.05, 4.69) is 24.5 Å². The number of carbonyl (C=O) groups excluding carboxylic acids is 4. The fourth-order valence-corrected chi connectivity index (χ4v) is 12.0. The highest BCUT2D eigenvalue weighted by molar-refractivity contribution is 8.01. The summed E-state index contributed by atoms with van der Waals surface area (Å²) in [5.41, 5.74) is 12.8. The van der Waals surface area contributed by atoms with E-state index in [1.54, 1.807) is 20.8 Å². The van der Waals surface area contributed by atoms with Crippen molar-refractivity contribution in [3.8, 4) is 0 Å². The van der Waals surface area contributed by atoms with Crippen LogP contribution in [0.2, 0.25) is 0 Å². The Kier molecular flexibility index (Phi) is 45.1. The zero-order valence-electron chi connectivity index (χ0n) is 56.5. The summed E-state index contributed by atoms with van der Waals surface area (Å²) in [6.45, 7) is 13.9. The maximum absolute atomic E-state index is 14.8. The minimum Gasteiger partial charge on any atom is -0.481 e. The summed E-state index contributed by atoms with van der Waals surface area (Å²) in [7, 11) is 0. The lowest BCUT2D eigenvalue weighted by Gasteiger charge is -2.46. The van der Waals surface area contributed by atoms with Crippen LogP contribution in [0.25, 0.3) is 0 Å². The Balaban J connectivity index is 7.08. The lowest BCUT2D eigenvalue weighted by molar-refractivity contribution is -0.229. The number of nitrogens with two attached hydrogens (primary N) is 3. The number of esters is 2. The Morgan fingerprint density at radius 2 is 0.719 bits per heavy atom. The van der Waals surface area contributed by atoms with Gasteiger partial charge in [-0.25, -0.2) is 19.2 Å². The molecule has 0 aliphatic carbocycles. The molecule has 0 aliphatic heterocycles. The normalized spacial score (nSPS) is 14.3. The molecule has 0 aromatic carbocycles. The first kappa shape index (κ1) is 84.6. The number of nitrogens with one attached hydrogen (secondary N) is 2. The van der Waals surface area contributed by atoms with Crippen LogP contribution in [0.5, 0.6) is 0 Å². The van der Waals surface area contributed by atoms with Gasteiger partial charge in [-0.3, -0.25) is 19.2 Å². The summed E-state index contributed by atoms with van der Waals surface area (Å²) < 4.78 is 23.7. The molecule has 0 bridgehead atoms. The van der Waals surface area contributed by atoms with Crippen LogP contribution in [0.1, 0.15) is 319 Å². The third-order valence-electron chi connectivity index (χ3n) is 16.3. The van der Waals surface area contributed by atoms with Crippen LogP contribution in [0, 0.1) is 5.92 Å². The van der Waals surface area contributed by atoms with Crippen LogP contribution in [-0.2, 0) is 47.7 Å². The molecular formula is C67H125N5O16S. The molecule has 0 aliphatic rings. The summed E-state index contributed by atoms with van der Waals surface area (Å²) in [6.07, 6.45) is 28.0. The highest BCUT2D eigenvalue weighted by Gasteiger charge is 2.63. The SMILES string of the molecule is CCCCCCCCCCCCCCCCCCNC(=O)OC(CCC(CCS[C@](N)(CCC(=O)O)C(=O)OC(C)(C)C)[C@](N)(CCC(=O)O)C(=O)O)(OC(=O)NCCCCCCCCCCCCCCCCCC)[C@](N)(CCC(=O)O)C(=O)OC(C)(C)C. The van der Waals surface area contributed by atoms with Crippen LogP contribution in [-0.4, -0.2) is 120 Å². The van der Waals surface area contributed by atoms with Gasteiger partial charge in [0.2, 0.25) is 0 Å². The molecule has 0 radical (unpaired) electrons. The Bertz CT molecular complexity index is 1950. The second-order valence-electron chi connectivity index (χ2n) is 26.8. The summed E-state index contributed by atoms with van der Waals surface area (Å²) in [5, 5.41) is 45.8. The zero-order chi connectivity index (χ0) is 67.3. The van der Waals surface area contributed by atoms with Crippen molar-refractivity contribution in [2.75, 3.05) is 18.8 Å². The third kappa shape index (κ3) is 40.2. The van der Waals surface area contributed by atoms with Crippen molar-refractivity contribution in [2.24, 2.45) is 23.1 Å². The molecule has 22 heteroatoms. The molecule has 89 heavy (non-hydrogen) atoms. The van der Waals surface area contributed by atoms with E-state index in [0.29, 0.717) is 12.8 Å². The van der Waals surface area contributed by atoms with Gasteiger partial charge < -0.3 is 67.2 Å². The second-order valence-corrected chi connectivity index (χ2v) is 28.2. The number of aliphatic carboxylic acids is 4. The fraction of sp³-hybridized carbons (Fsp3) is 0.881. The van der Waals surface area contributed by atoms with Gasteiger partial charge in [-0.15, -0.1) is 11.8 Å². The van der Waals surface area contributed by atoms with Crippen molar-refractivity contribution in [2.45, 2.75) is 352 Å². The smallest absolute Gasteiger partial charge is 0.410 e. The average Bonchev–Trinajstić information content (AvgIpc) is 3.57. The van der Waals surface area contributed by atoms with Gasteiger partial charge in [0.25, 0.3) is 5.79 Å². The van der Waals surface area contributed by atoms with Crippen LogP contribution in [0.3, 0.4) is 0 Å². The molecule has 0 saturated carbocycles. The Morgan fingerprint density at radius 1 is 0.404 bits per heavy atom. The van der Waals surface area contributed by atoms with Gasteiger partial charge in [-0.05, 0) is 98.2 Å². The van der Waals surface area contributed by atoms with Gasteiger partial charge in [-0.1, -0.05) is 206 Å². The molecule has 0 rings (SSSR count). The number of hydrogen-bond acceptors (Lipinski definition) is 16. The summed E-state index contributed by atoms with van der Waals surface area (Å²) in [5.74, 6) is -12.7. The maximum atomic E-state index is 14.8. The first-order valence-corrected chi connectivity index (χ1v) is 35.2. The zero-order valence-corrected chi connectivity index (χ0v) is 57.3. The largest absolute Gasteiger partial charge is 0.481 e. The van der Waals surface area contributed by atoms with Crippen LogP contribution >= 0.6 is 11.8 Å². The van der Waals surface area contributed by atoms with E-state index in [4.69, 9.17) is 36.1 Å². The van der Waals surface area contributed by atoms with Crippen molar-refractivity contribution in [1.29, 1.82) is 0 Å². The highest BCUT2D eigenvalue weighted by atomic mass is 32.2. The Hall–Kier alpha value is -4.41. The molecule has 2 amide bonds. The summed E-state index contributed by atoms with van der Waals surface area (Å²) in [4.78, 5) is 105. The molecule has 0 heterocycles. The Labute approximate surface area is 539 Å². The maximum Gasteiger partial charge on any atom is 0.410 e. The van der Waals surface area contributed by atoms with Crippen LogP contribution in [0.15, 0.2) is 0 Å². The van der Waals surface area contributed by atoms with E-state index < -0.39 is 138 Å². The van der Waals surface area contributed by atoms with Crippen molar-refractivity contribution in [3.63, 3.8) is 0 Å². The van der Waals surface area contributed by atoms with Crippen LogP contribution < -0.4 is 27.8 Å². The number of hydrogen-bond donors (Lipinski definition) is 9. The lowest BCUT2D eigenvalue weighted by atomic mass is 9.73. The number of carboxylic acid groups (broad SMARTS) is 4. The molecule has 0 fully saturated rings. The van der Waals surface area contributed by atoms with E-state index >= 15 is 0 Å². The molecule has 0 spiro atoms. The summed E-state index contributed by atoms with van der Waals surface area (Å²) in [6, 6.07) is 0. The van der Waals surface area contributed by atoms with Crippen molar-refractivity contribution in [3.05, 3.63) is 0 Å². The minimum absolute atomic E-state index is 0.0677. The molecule has 520 valence electrons. The fourth-order valence-electron chi connectivity index (χ4n) is 10.8. The molecule has 1 unspecified atom stereocenters. The predicted octanol–water partition coefficient (Wildman–Crippen LogP) is 14.6. The van der Waals surface area contributed by atoms with Gasteiger partial charge >= 0.3 is 48.0 Å². The number of ether oxygens (including phenoxy) is 4. The van der Waals surface area contributed by atoms with Gasteiger partial charge in [0.1, 0.15) is 16.7 Å². The van der Waals surface area contributed by atoms with E-state index in [1.807, 2.05) is 0 Å². The first-order chi connectivity index (χ1) is 41.9. The van der Waals surface area contributed by atoms with Gasteiger partial charge in [0.15, 0.2) is 10.4 Å². The number of alkyl carbamates (subject to hydrolysis) is 2. The van der Waals surface area contributed by atoms with E-state index in [-0.39, 0.29) is 25.3 Å². The third-order valence-corrected chi connectivity index (χ3v) is 17.6. The van der Waals surface area contributed by atoms with Gasteiger partial charge in [0.05, 0.1) is 0 Å². The van der Waals surface area contributed by atoms with Crippen molar-refractivity contribution < 1.29 is 77.7 Å². The van der Waals surface area contributed by atoms with Gasteiger partial charge in [0, 0.05) is 38.8 Å².